The Bertz CT molecular complexity index is 252. The zero-order chi connectivity index (χ0) is 10.4. The van der Waals surface area contributed by atoms with Gasteiger partial charge in [-0.1, -0.05) is 37.3 Å². The van der Waals surface area contributed by atoms with Crippen molar-refractivity contribution < 1.29 is 4.74 Å². The van der Waals surface area contributed by atoms with Gasteiger partial charge in [0, 0.05) is 6.61 Å². The molecular formula is C12H18OS. The van der Waals surface area contributed by atoms with Crippen molar-refractivity contribution in [3.05, 3.63) is 35.9 Å². The van der Waals surface area contributed by atoms with E-state index < -0.39 is 0 Å². The van der Waals surface area contributed by atoms with Crippen LogP contribution in [0.15, 0.2) is 30.3 Å². The molecule has 0 amide bonds. The minimum Gasteiger partial charge on any atom is -0.361 e. The van der Waals surface area contributed by atoms with Crippen molar-refractivity contribution in [2.45, 2.75) is 25.7 Å². The Labute approximate surface area is 90.9 Å². The molecule has 0 saturated carbocycles. The molecule has 0 aliphatic carbocycles. The van der Waals surface area contributed by atoms with Crippen molar-refractivity contribution in [3.8, 4) is 0 Å². The molecule has 0 spiro atoms. The maximum Gasteiger partial charge on any atom is 0.136 e. The number of ether oxygens (including phenoxy) is 1. The van der Waals surface area contributed by atoms with Crippen LogP contribution in [0.1, 0.15) is 26.3 Å². The molecule has 2 heteroatoms. The molecule has 0 fully saturated rings. The van der Waals surface area contributed by atoms with Crippen LogP contribution in [0, 0.1) is 0 Å². The van der Waals surface area contributed by atoms with Crippen molar-refractivity contribution in [2.24, 2.45) is 0 Å². The molecule has 0 N–H and O–H groups in total. The molecule has 0 aliphatic heterocycles. The van der Waals surface area contributed by atoms with Crippen LogP contribution >= 0.6 is 11.8 Å². The molecule has 14 heavy (non-hydrogen) atoms. The zero-order valence-corrected chi connectivity index (χ0v) is 9.93. The lowest BCUT2D eigenvalue weighted by molar-refractivity contribution is 0.0463. The predicted molar refractivity (Wildman–Crippen MR) is 63.6 cm³/mol. The molecule has 1 rings (SSSR count). The number of hydrogen-bond donors (Lipinski definition) is 0. The van der Waals surface area contributed by atoms with Gasteiger partial charge in [-0.25, -0.2) is 0 Å². The number of rotatable bonds is 5. The average molecular weight is 210 g/mol. The van der Waals surface area contributed by atoms with Crippen molar-refractivity contribution in [2.75, 3.05) is 12.4 Å². The molecule has 78 valence electrons. The summed E-state index contributed by atoms with van der Waals surface area (Å²) in [6.45, 7) is 7.08. The van der Waals surface area contributed by atoms with Crippen LogP contribution < -0.4 is 0 Å². The molecule has 0 bridgehead atoms. The topological polar surface area (TPSA) is 9.23 Å². The molecule has 0 heterocycles. The third-order valence-corrected chi connectivity index (χ3v) is 3.33. The molecule has 0 radical (unpaired) electrons. The Balaban J connectivity index is 2.87. The van der Waals surface area contributed by atoms with Gasteiger partial charge >= 0.3 is 0 Å². The minimum absolute atomic E-state index is 0.190. The van der Waals surface area contributed by atoms with E-state index in [0.717, 1.165) is 12.4 Å². The van der Waals surface area contributed by atoms with E-state index in [9.17, 15) is 0 Å². The second-order valence-electron chi connectivity index (χ2n) is 3.18. The average Bonchev–Trinajstić information content (AvgIpc) is 2.20. The molecular weight excluding hydrogens is 192 g/mol. The minimum atomic E-state index is -0.190. The van der Waals surface area contributed by atoms with Crippen molar-refractivity contribution in [1.29, 1.82) is 0 Å². The van der Waals surface area contributed by atoms with Gasteiger partial charge in [-0.05, 0) is 25.2 Å². The van der Waals surface area contributed by atoms with Crippen LogP contribution in [-0.4, -0.2) is 12.4 Å². The quantitative estimate of drug-likeness (QED) is 0.686. The van der Waals surface area contributed by atoms with E-state index in [2.05, 4.69) is 38.1 Å². The fraction of sp³-hybridized carbons (Fsp3) is 0.500. The first-order chi connectivity index (χ1) is 6.73. The fourth-order valence-electron chi connectivity index (χ4n) is 1.50. The molecule has 1 aromatic rings. The molecule has 1 unspecified atom stereocenters. The summed E-state index contributed by atoms with van der Waals surface area (Å²) in [7, 11) is 0. The highest BCUT2D eigenvalue weighted by molar-refractivity contribution is 8.00. The Kier molecular flexibility index (Phi) is 4.49. The number of hydrogen-bond acceptors (Lipinski definition) is 2. The highest BCUT2D eigenvalue weighted by Crippen LogP contribution is 2.36. The van der Waals surface area contributed by atoms with Gasteiger partial charge in [0.1, 0.15) is 4.93 Å². The van der Waals surface area contributed by atoms with E-state index in [1.165, 1.54) is 5.56 Å². The molecule has 0 aromatic heterocycles. The Hall–Kier alpha value is -0.470. The predicted octanol–water partition coefficient (Wildman–Crippen LogP) is 3.65. The van der Waals surface area contributed by atoms with E-state index in [0.29, 0.717) is 0 Å². The monoisotopic (exact) mass is 210 g/mol. The van der Waals surface area contributed by atoms with E-state index >= 15 is 0 Å². The molecule has 0 saturated heterocycles. The van der Waals surface area contributed by atoms with Gasteiger partial charge in [0.15, 0.2) is 0 Å². The van der Waals surface area contributed by atoms with Gasteiger partial charge in [0.2, 0.25) is 0 Å². The summed E-state index contributed by atoms with van der Waals surface area (Å²) in [5, 5.41) is 0. The largest absolute Gasteiger partial charge is 0.361 e. The second kappa shape index (κ2) is 5.42. The fourth-order valence-corrected chi connectivity index (χ4v) is 2.55. The highest BCUT2D eigenvalue weighted by atomic mass is 32.2. The van der Waals surface area contributed by atoms with Gasteiger partial charge in [0.25, 0.3) is 0 Å². The molecule has 1 nitrogen and oxygen atoms in total. The molecule has 0 aliphatic rings. The highest BCUT2D eigenvalue weighted by Gasteiger charge is 2.26. The third kappa shape index (κ3) is 2.76. The molecule has 1 atom stereocenters. The Morgan fingerprint density at radius 2 is 1.86 bits per heavy atom. The summed E-state index contributed by atoms with van der Waals surface area (Å²) in [5.74, 6) is 1.06. The lowest BCUT2D eigenvalue weighted by Gasteiger charge is -2.28. The third-order valence-electron chi connectivity index (χ3n) is 2.14. The first-order valence-corrected chi connectivity index (χ1v) is 6.05. The van der Waals surface area contributed by atoms with E-state index in [1.807, 2.05) is 24.8 Å². The van der Waals surface area contributed by atoms with Crippen LogP contribution in [0.5, 0.6) is 0 Å². The smallest absolute Gasteiger partial charge is 0.136 e. The van der Waals surface area contributed by atoms with Gasteiger partial charge in [-0.2, -0.15) is 0 Å². The second-order valence-corrected chi connectivity index (χ2v) is 4.82. The summed E-state index contributed by atoms with van der Waals surface area (Å²) < 4.78 is 5.82. The first kappa shape index (κ1) is 11.6. The lowest BCUT2D eigenvalue weighted by Crippen LogP contribution is -2.22. The summed E-state index contributed by atoms with van der Waals surface area (Å²) in [4.78, 5) is -0.190. The molecule has 1 aromatic carbocycles. The van der Waals surface area contributed by atoms with Crippen LogP contribution in [0.3, 0.4) is 0 Å². The van der Waals surface area contributed by atoms with E-state index in [1.54, 1.807) is 0 Å². The normalized spacial score (nSPS) is 15.1. The maximum atomic E-state index is 5.82. The number of benzene rings is 1. The summed E-state index contributed by atoms with van der Waals surface area (Å²) in [5.41, 5.74) is 1.24. The van der Waals surface area contributed by atoms with Gasteiger partial charge in [-0.15, -0.1) is 11.8 Å². The zero-order valence-electron chi connectivity index (χ0n) is 9.12. The van der Waals surface area contributed by atoms with Crippen LogP contribution in [-0.2, 0) is 9.67 Å². The number of thioether (sulfide) groups is 1. The van der Waals surface area contributed by atoms with E-state index in [4.69, 9.17) is 4.74 Å². The first-order valence-electron chi connectivity index (χ1n) is 5.06. The summed E-state index contributed by atoms with van der Waals surface area (Å²) in [6.07, 6.45) is 0. The van der Waals surface area contributed by atoms with Crippen molar-refractivity contribution >= 4 is 11.8 Å². The lowest BCUT2D eigenvalue weighted by atomic mass is 10.1. The van der Waals surface area contributed by atoms with Crippen molar-refractivity contribution in [1.82, 2.24) is 0 Å². The van der Waals surface area contributed by atoms with Gasteiger partial charge < -0.3 is 4.74 Å². The Morgan fingerprint density at radius 1 is 1.21 bits per heavy atom. The van der Waals surface area contributed by atoms with Gasteiger partial charge in [0.05, 0.1) is 0 Å². The summed E-state index contributed by atoms with van der Waals surface area (Å²) in [6, 6.07) is 10.4. The SMILES string of the molecule is CCOC(C)(SCC)c1ccccc1. The van der Waals surface area contributed by atoms with Crippen LogP contribution in [0.2, 0.25) is 0 Å². The summed E-state index contributed by atoms with van der Waals surface area (Å²) >= 11 is 1.83. The van der Waals surface area contributed by atoms with Crippen LogP contribution in [0.25, 0.3) is 0 Å². The maximum absolute atomic E-state index is 5.82. The Morgan fingerprint density at radius 3 is 2.36 bits per heavy atom. The van der Waals surface area contributed by atoms with Crippen molar-refractivity contribution in [3.63, 3.8) is 0 Å². The standard InChI is InChI=1S/C12H18OS/c1-4-13-12(3,14-5-2)11-9-7-6-8-10-11/h6-10H,4-5H2,1-3H3. The van der Waals surface area contributed by atoms with Gasteiger partial charge in [-0.3, -0.25) is 0 Å². The van der Waals surface area contributed by atoms with Crippen LogP contribution in [0.4, 0.5) is 0 Å². The van der Waals surface area contributed by atoms with E-state index in [-0.39, 0.29) is 4.93 Å².